The first-order chi connectivity index (χ1) is 8.54. The lowest BCUT2D eigenvalue weighted by Crippen LogP contribution is -2.32. The van der Waals surface area contributed by atoms with Crippen molar-refractivity contribution < 1.29 is 0 Å². The first-order valence-electron chi connectivity index (χ1n) is 6.38. The number of rotatable bonds is 5. The van der Waals surface area contributed by atoms with Gasteiger partial charge < -0.3 is 5.73 Å². The van der Waals surface area contributed by atoms with Crippen LogP contribution in [0.3, 0.4) is 0 Å². The van der Waals surface area contributed by atoms with E-state index in [0.29, 0.717) is 16.6 Å². The van der Waals surface area contributed by atoms with Crippen molar-refractivity contribution in [1.82, 2.24) is 4.90 Å². The Labute approximate surface area is 119 Å². The molecule has 0 amide bonds. The smallest absolute Gasteiger partial charge is 0.0497 e. The van der Waals surface area contributed by atoms with Gasteiger partial charge in [0.15, 0.2) is 0 Å². The lowest BCUT2D eigenvalue weighted by atomic mass is 10.0. The van der Waals surface area contributed by atoms with Crippen LogP contribution >= 0.6 is 23.2 Å². The van der Waals surface area contributed by atoms with Crippen LogP contribution in [0.2, 0.25) is 10.0 Å². The summed E-state index contributed by atoms with van der Waals surface area (Å²) in [5.74, 6) is 1.64. The fraction of sp³-hybridized carbons (Fsp3) is 0.571. The van der Waals surface area contributed by atoms with E-state index in [4.69, 9.17) is 28.9 Å². The monoisotopic (exact) mass is 286 g/mol. The summed E-state index contributed by atoms with van der Waals surface area (Å²) in [6, 6.07) is 5.71. The molecular weight excluding hydrogens is 267 g/mol. The van der Waals surface area contributed by atoms with Crippen LogP contribution in [0, 0.1) is 11.8 Å². The normalized spacial score (nSPS) is 24.3. The topological polar surface area (TPSA) is 29.3 Å². The van der Waals surface area contributed by atoms with E-state index in [0.717, 1.165) is 23.9 Å². The summed E-state index contributed by atoms with van der Waals surface area (Å²) in [5.41, 5.74) is 6.87. The maximum atomic E-state index is 6.26. The fourth-order valence-corrected chi connectivity index (χ4v) is 3.15. The highest BCUT2D eigenvalue weighted by atomic mass is 35.5. The van der Waals surface area contributed by atoms with Crippen molar-refractivity contribution in [3.05, 3.63) is 33.8 Å². The highest BCUT2D eigenvalue weighted by Crippen LogP contribution is 2.40. The Balaban J connectivity index is 2.16. The second-order valence-electron chi connectivity index (χ2n) is 5.30. The number of nitrogens with zero attached hydrogens (tertiary/aromatic N) is 1. The van der Waals surface area contributed by atoms with E-state index in [1.54, 1.807) is 0 Å². The molecule has 100 valence electrons. The van der Waals surface area contributed by atoms with Gasteiger partial charge in [-0.2, -0.15) is 0 Å². The number of halogens is 2. The molecule has 1 aromatic rings. The van der Waals surface area contributed by atoms with Crippen molar-refractivity contribution >= 4 is 23.2 Å². The van der Waals surface area contributed by atoms with Crippen molar-refractivity contribution in [2.24, 2.45) is 17.6 Å². The Morgan fingerprint density at radius 2 is 1.94 bits per heavy atom. The molecule has 1 fully saturated rings. The zero-order valence-electron chi connectivity index (χ0n) is 10.9. The van der Waals surface area contributed by atoms with Crippen molar-refractivity contribution in [2.75, 3.05) is 20.1 Å². The molecule has 0 aromatic heterocycles. The van der Waals surface area contributed by atoms with Gasteiger partial charge in [-0.3, -0.25) is 4.90 Å². The van der Waals surface area contributed by atoms with E-state index >= 15 is 0 Å². The van der Waals surface area contributed by atoms with Crippen molar-refractivity contribution in [1.29, 1.82) is 0 Å². The number of nitrogens with two attached hydrogens (primary N) is 1. The SMILES string of the molecule is CC1CC1CN(C)C(CN)c1c(Cl)cccc1Cl. The largest absolute Gasteiger partial charge is 0.329 e. The van der Waals surface area contributed by atoms with Crippen molar-refractivity contribution in [2.45, 2.75) is 19.4 Å². The molecule has 2 N–H and O–H groups in total. The number of hydrogen-bond acceptors (Lipinski definition) is 2. The maximum absolute atomic E-state index is 6.26. The van der Waals surface area contributed by atoms with Crippen LogP contribution in [0.25, 0.3) is 0 Å². The van der Waals surface area contributed by atoms with Gasteiger partial charge in [-0.1, -0.05) is 36.2 Å². The second kappa shape index (κ2) is 5.79. The van der Waals surface area contributed by atoms with Crippen LogP contribution in [0.4, 0.5) is 0 Å². The number of hydrogen-bond donors (Lipinski definition) is 1. The van der Waals surface area contributed by atoms with E-state index in [9.17, 15) is 0 Å². The average Bonchev–Trinajstić information content (AvgIpc) is 2.99. The predicted molar refractivity (Wildman–Crippen MR) is 78.2 cm³/mol. The second-order valence-corrected chi connectivity index (χ2v) is 6.11. The highest BCUT2D eigenvalue weighted by molar-refractivity contribution is 6.36. The molecule has 0 heterocycles. The van der Waals surface area contributed by atoms with Crippen LogP contribution in [0.1, 0.15) is 24.9 Å². The standard InChI is InChI=1S/C14H20Cl2N2/c1-9-6-10(9)8-18(2)13(7-17)14-11(15)4-3-5-12(14)16/h3-5,9-10,13H,6-8,17H2,1-2H3. The third-order valence-corrected chi connectivity index (χ3v) is 4.55. The lowest BCUT2D eigenvalue weighted by molar-refractivity contribution is 0.237. The summed E-state index contributed by atoms with van der Waals surface area (Å²) in [6.07, 6.45) is 1.32. The molecule has 0 bridgehead atoms. The molecular formula is C14H20Cl2N2. The summed E-state index contributed by atoms with van der Waals surface area (Å²) in [6.45, 7) is 3.88. The molecule has 3 unspecified atom stereocenters. The molecule has 1 aliphatic carbocycles. The number of benzene rings is 1. The molecule has 0 radical (unpaired) electrons. The minimum absolute atomic E-state index is 0.0963. The molecule has 0 aliphatic heterocycles. The molecule has 1 aliphatic rings. The Hall–Kier alpha value is -0.280. The van der Waals surface area contributed by atoms with E-state index in [1.165, 1.54) is 6.42 Å². The highest BCUT2D eigenvalue weighted by Gasteiger charge is 2.35. The van der Waals surface area contributed by atoms with Gasteiger partial charge in [0.25, 0.3) is 0 Å². The fourth-order valence-electron chi connectivity index (χ4n) is 2.50. The molecule has 4 heteroatoms. The predicted octanol–water partition coefficient (Wildman–Crippen LogP) is 3.58. The summed E-state index contributed by atoms with van der Waals surface area (Å²) in [5, 5.41) is 1.40. The summed E-state index contributed by atoms with van der Waals surface area (Å²) < 4.78 is 0. The summed E-state index contributed by atoms with van der Waals surface area (Å²) in [4.78, 5) is 2.28. The van der Waals surface area contributed by atoms with Crippen molar-refractivity contribution in [3.8, 4) is 0 Å². The molecule has 1 aromatic carbocycles. The van der Waals surface area contributed by atoms with Crippen LogP contribution in [-0.2, 0) is 0 Å². The number of likely N-dealkylation sites (N-methyl/N-ethyl adjacent to an activating group) is 1. The molecule has 0 saturated heterocycles. The van der Waals surface area contributed by atoms with E-state index in [1.807, 2.05) is 18.2 Å². The summed E-state index contributed by atoms with van der Waals surface area (Å²) in [7, 11) is 2.10. The van der Waals surface area contributed by atoms with Gasteiger partial charge in [0, 0.05) is 34.7 Å². The van der Waals surface area contributed by atoms with Gasteiger partial charge in [-0.05, 0) is 37.4 Å². The van der Waals surface area contributed by atoms with Gasteiger partial charge in [-0.15, -0.1) is 0 Å². The lowest BCUT2D eigenvalue weighted by Gasteiger charge is -2.29. The Morgan fingerprint density at radius 3 is 2.39 bits per heavy atom. The molecule has 2 rings (SSSR count). The quantitative estimate of drug-likeness (QED) is 0.897. The third kappa shape index (κ3) is 3.00. The molecule has 2 nitrogen and oxygen atoms in total. The van der Waals surface area contributed by atoms with Crippen LogP contribution in [-0.4, -0.2) is 25.0 Å². The van der Waals surface area contributed by atoms with Crippen LogP contribution in [0.5, 0.6) is 0 Å². The van der Waals surface area contributed by atoms with Gasteiger partial charge in [-0.25, -0.2) is 0 Å². The molecule has 1 saturated carbocycles. The molecule has 3 atom stereocenters. The minimum atomic E-state index is 0.0963. The van der Waals surface area contributed by atoms with Gasteiger partial charge in [0.1, 0.15) is 0 Å². The van der Waals surface area contributed by atoms with Crippen molar-refractivity contribution in [3.63, 3.8) is 0 Å². The van der Waals surface area contributed by atoms with Gasteiger partial charge in [0.05, 0.1) is 0 Å². The molecule has 0 spiro atoms. The zero-order chi connectivity index (χ0) is 13.3. The summed E-state index contributed by atoms with van der Waals surface area (Å²) >= 11 is 12.5. The van der Waals surface area contributed by atoms with Crippen LogP contribution in [0.15, 0.2) is 18.2 Å². The Morgan fingerprint density at radius 1 is 1.39 bits per heavy atom. The van der Waals surface area contributed by atoms with Gasteiger partial charge >= 0.3 is 0 Å². The van der Waals surface area contributed by atoms with E-state index < -0.39 is 0 Å². The maximum Gasteiger partial charge on any atom is 0.0497 e. The minimum Gasteiger partial charge on any atom is -0.329 e. The Kier molecular flexibility index (Phi) is 4.54. The first kappa shape index (κ1) is 14.1. The zero-order valence-corrected chi connectivity index (χ0v) is 12.4. The molecule has 18 heavy (non-hydrogen) atoms. The van der Waals surface area contributed by atoms with Crippen LogP contribution < -0.4 is 5.73 Å². The van der Waals surface area contributed by atoms with E-state index in [2.05, 4.69) is 18.9 Å². The Bertz CT molecular complexity index is 402. The van der Waals surface area contributed by atoms with E-state index in [-0.39, 0.29) is 6.04 Å². The average molecular weight is 287 g/mol. The third-order valence-electron chi connectivity index (χ3n) is 3.89. The first-order valence-corrected chi connectivity index (χ1v) is 7.14. The van der Waals surface area contributed by atoms with Gasteiger partial charge in [0.2, 0.25) is 0 Å².